The van der Waals surface area contributed by atoms with Gasteiger partial charge in [-0.1, -0.05) is 12.1 Å². The van der Waals surface area contributed by atoms with E-state index in [2.05, 4.69) is 20.3 Å². The zero-order valence-electron chi connectivity index (χ0n) is 19.1. The zero-order valence-corrected chi connectivity index (χ0v) is 19.9. The summed E-state index contributed by atoms with van der Waals surface area (Å²) in [4.78, 5) is 32.2. The molecule has 2 saturated heterocycles. The zero-order chi connectivity index (χ0) is 25.4. The first kappa shape index (κ1) is 24.0. The Kier molecular flexibility index (Phi) is 6.24. The Hall–Kier alpha value is -3.75. The van der Waals surface area contributed by atoms with Gasteiger partial charge in [-0.15, -0.1) is 0 Å². The number of fused-ring (bicyclic) bond motifs is 1. The van der Waals surface area contributed by atoms with Crippen LogP contribution >= 0.6 is 0 Å². The van der Waals surface area contributed by atoms with Crippen LogP contribution in [-0.2, 0) is 16.8 Å². The number of carbonyl (C=O) groups excluding carboxylic acids is 1. The maximum Gasteiger partial charge on any atom is 0.301 e. The Morgan fingerprint density at radius 3 is 2.53 bits per heavy atom. The third-order valence-electron chi connectivity index (χ3n) is 6.09. The molecule has 1 aromatic carbocycles. The molecule has 0 radical (unpaired) electrons. The topological polar surface area (TPSA) is 148 Å². The van der Waals surface area contributed by atoms with E-state index in [1.807, 2.05) is 4.90 Å². The number of aromatic hydroxyl groups is 1. The van der Waals surface area contributed by atoms with Crippen LogP contribution in [0.15, 0.2) is 41.3 Å². The number of halogens is 1. The van der Waals surface area contributed by atoms with Crippen molar-refractivity contribution in [2.24, 2.45) is 0 Å². The van der Waals surface area contributed by atoms with Crippen LogP contribution in [0, 0.1) is 5.82 Å². The van der Waals surface area contributed by atoms with Gasteiger partial charge in [-0.25, -0.2) is 9.37 Å². The SMILES string of the molecule is O=C(NCc1ccc(F)cc1)c1nc2c(N3CCNS3(=O)=O)cc(N3CCNCC3)cn2c(=O)c1O. The van der Waals surface area contributed by atoms with Crippen LogP contribution in [0.3, 0.4) is 0 Å². The summed E-state index contributed by atoms with van der Waals surface area (Å²) >= 11 is 0. The van der Waals surface area contributed by atoms with E-state index in [9.17, 15) is 27.5 Å². The molecule has 2 fully saturated rings. The maximum atomic E-state index is 13.2. The number of benzene rings is 1. The van der Waals surface area contributed by atoms with Gasteiger partial charge in [-0.2, -0.15) is 13.1 Å². The predicted octanol–water partition coefficient (Wildman–Crippen LogP) is -0.467. The van der Waals surface area contributed by atoms with Gasteiger partial charge < -0.3 is 20.6 Å². The quantitative estimate of drug-likeness (QED) is 0.355. The average molecular weight is 518 g/mol. The largest absolute Gasteiger partial charge is 0.501 e. The van der Waals surface area contributed by atoms with Crippen molar-refractivity contribution in [2.45, 2.75) is 6.54 Å². The lowest BCUT2D eigenvalue weighted by atomic mass is 10.2. The van der Waals surface area contributed by atoms with E-state index < -0.39 is 38.9 Å². The molecule has 1 amide bonds. The molecule has 0 atom stereocenters. The number of rotatable bonds is 5. The van der Waals surface area contributed by atoms with E-state index in [-0.39, 0.29) is 31.0 Å². The van der Waals surface area contributed by atoms with Crippen molar-refractivity contribution in [3.8, 4) is 5.75 Å². The van der Waals surface area contributed by atoms with Crippen molar-refractivity contribution >= 4 is 33.1 Å². The molecule has 3 aromatic rings. The van der Waals surface area contributed by atoms with Crippen LogP contribution in [0.1, 0.15) is 16.1 Å². The third-order valence-corrected chi connectivity index (χ3v) is 7.62. The summed E-state index contributed by atoms with van der Waals surface area (Å²) in [7, 11) is -3.88. The number of hydrogen-bond donors (Lipinski definition) is 4. The smallest absolute Gasteiger partial charge is 0.301 e. The third kappa shape index (κ3) is 4.45. The molecule has 0 unspecified atom stereocenters. The van der Waals surface area contributed by atoms with Gasteiger partial charge in [0.15, 0.2) is 11.3 Å². The molecule has 12 nitrogen and oxygen atoms in total. The number of amides is 1. The highest BCUT2D eigenvalue weighted by Gasteiger charge is 2.32. The number of nitrogens with one attached hydrogen (secondary N) is 3. The summed E-state index contributed by atoms with van der Waals surface area (Å²) in [5.74, 6) is -2.13. The number of carbonyl (C=O) groups is 1. The van der Waals surface area contributed by atoms with Gasteiger partial charge in [0.2, 0.25) is 5.75 Å². The second kappa shape index (κ2) is 9.37. The number of pyridine rings is 1. The number of hydrogen-bond acceptors (Lipinski definition) is 8. The Balaban J connectivity index is 1.59. The van der Waals surface area contributed by atoms with E-state index in [1.54, 1.807) is 6.07 Å². The fraction of sp³-hybridized carbons (Fsp3) is 0.318. The van der Waals surface area contributed by atoms with Gasteiger partial charge in [-0.3, -0.25) is 18.3 Å². The Labute approximate surface area is 205 Å². The van der Waals surface area contributed by atoms with Gasteiger partial charge in [0, 0.05) is 52.0 Å². The minimum absolute atomic E-state index is 0.00117. The van der Waals surface area contributed by atoms with Crippen LogP contribution < -0.4 is 30.1 Å². The monoisotopic (exact) mass is 517 g/mol. The molecule has 0 bridgehead atoms. The lowest BCUT2D eigenvalue weighted by Crippen LogP contribution is -2.44. The Morgan fingerprint density at radius 2 is 1.86 bits per heavy atom. The molecule has 0 spiro atoms. The number of piperazine rings is 1. The van der Waals surface area contributed by atoms with Crippen LogP contribution in [-0.4, -0.2) is 68.1 Å². The minimum Gasteiger partial charge on any atom is -0.501 e. The Morgan fingerprint density at radius 1 is 1.14 bits per heavy atom. The van der Waals surface area contributed by atoms with Crippen LogP contribution in [0.25, 0.3) is 5.65 Å². The molecule has 0 saturated carbocycles. The van der Waals surface area contributed by atoms with Gasteiger partial charge in [0.1, 0.15) is 5.82 Å². The summed E-state index contributed by atoms with van der Waals surface area (Å²) < 4.78 is 43.1. The molecule has 2 aromatic heterocycles. The minimum atomic E-state index is -3.88. The van der Waals surface area contributed by atoms with Crippen molar-refractivity contribution < 1.29 is 22.7 Å². The van der Waals surface area contributed by atoms with E-state index in [0.29, 0.717) is 37.4 Å². The molecular formula is C22H24FN7O5S. The van der Waals surface area contributed by atoms with Gasteiger partial charge in [0.05, 0.1) is 11.4 Å². The second-order valence-corrected chi connectivity index (χ2v) is 10.1. The molecule has 4 heterocycles. The molecule has 2 aliphatic rings. The molecule has 190 valence electrons. The second-order valence-electron chi connectivity index (χ2n) is 8.41. The van der Waals surface area contributed by atoms with Crippen LogP contribution in [0.4, 0.5) is 15.8 Å². The highest BCUT2D eigenvalue weighted by atomic mass is 32.2. The van der Waals surface area contributed by atoms with Gasteiger partial charge in [-0.05, 0) is 23.8 Å². The summed E-state index contributed by atoms with van der Waals surface area (Å²) in [6.45, 7) is 2.96. The fourth-order valence-electron chi connectivity index (χ4n) is 4.23. The summed E-state index contributed by atoms with van der Waals surface area (Å²) in [5.41, 5.74) is -0.246. The van der Waals surface area contributed by atoms with Crippen molar-refractivity contribution in [1.82, 2.24) is 24.7 Å². The number of nitrogens with zero attached hydrogens (tertiary/aromatic N) is 4. The van der Waals surface area contributed by atoms with Crippen molar-refractivity contribution in [3.05, 3.63) is 64.0 Å². The molecule has 5 rings (SSSR count). The summed E-state index contributed by atoms with van der Waals surface area (Å²) in [6, 6.07) is 7.08. The van der Waals surface area contributed by atoms with Gasteiger partial charge in [0.25, 0.3) is 5.91 Å². The first-order chi connectivity index (χ1) is 17.2. The molecule has 2 aliphatic heterocycles. The molecule has 0 aliphatic carbocycles. The molecule has 36 heavy (non-hydrogen) atoms. The van der Waals surface area contributed by atoms with Gasteiger partial charge >= 0.3 is 15.8 Å². The fourth-order valence-corrected chi connectivity index (χ4v) is 5.46. The van der Waals surface area contributed by atoms with E-state index >= 15 is 0 Å². The van der Waals surface area contributed by atoms with Crippen molar-refractivity contribution in [2.75, 3.05) is 48.5 Å². The number of anilines is 2. The maximum absolute atomic E-state index is 13.2. The Bertz CT molecular complexity index is 1490. The normalized spacial score (nSPS) is 17.5. The van der Waals surface area contributed by atoms with E-state index in [4.69, 9.17) is 0 Å². The lowest BCUT2D eigenvalue weighted by molar-refractivity contribution is 0.0942. The van der Waals surface area contributed by atoms with Crippen molar-refractivity contribution in [1.29, 1.82) is 0 Å². The summed E-state index contributed by atoms with van der Waals surface area (Å²) in [5, 5.41) is 16.4. The van der Waals surface area contributed by atoms with E-state index in [1.165, 1.54) is 30.5 Å². The average Bonchev–Trinajstić information content (AvgIpc) is 3.24. The lowest BCUT2D eigenvalue weighted by Gasteiger charge is -2.30. The summed E-state index contributed by atoms with van der Waals surface area (Å²) in [6.07, 6.45) is 1.48. The predicted molar refractivity (Wildman–Crippen MR) is 130 cm³/mol. The van der Waals surface area contributed by atoms with Crippen molar-refractivity contribution in [3.63, 3.8) is 0 Å². The highest BCUT2D eigenvalue weighted by molar-refractivity contribution is 7.91. The molecular weight excluding hydrogens is 493 g/mol. The molecule has 4 N–H and O–H groups in total. The number of aromatic nitrogens is 2. The van der Waals surface area contributed by atoms with Crippen LogP contribution in [0.2, 0.25) is 0 Å². The first-order valence-corrected chi connectivity index (χ1v) is 12.7. The standard InChI is InChI=1S/C22H24FN7O5S/c23-15-3-1-14(2-4-15)12-25-21(32)18-19(31)22(33)29-13-16(28-8-5-24-6-9-28)11-17(20(29)27-18)30-10-7-26-36(30,34)35/h1-4,11,13,24,26,31H,5-10,12H2,(H,25,32). The highest BCUT2D eigenvalue weighted by Crippen LogP contribution is 2.30. The molecule has 14 heteroatoms. The first-order valence-electron chi connectivity index (χ1n) is 11.3. The van der Waals surface area contributed by atoms with E-state index in [0.717, 1.165) is 8.71 Å². The van der Waals surface area contributed by atoms with Crippen LogP contribution in [0.5, 0.6) is 5.75 Å².